The van der Waals surface area contributed by atoms with Crippen LogP contribution in [0.5, 0.6) is 0 Å². The predicted octanol–water partition coefficient (Wildman–Crippen LogP) is 2.48. The summed E-state index contributed by atoms with van der Waals surface area (Å²) in [6, 6.07) is 7.66. The average molecular weight is 313 g/mol. The molecule has 0 saturated carbocycles. The van der Waals surface area contributed by atoms with Crippen LogP contribution in [0.25, 0.3) is 10.9 Å². The molecule has 1 aromatic carbocycles. The van der Waals surface area contributed by atoms with Gasteiger partial charge < -0.3 is 14.8 Å². The van der Waals surface area contributed by atoms with E-state index in [2.05, 4.69) is 11.1 Å². The van der Waals surface area contributed by atoms with Crippen LogP contribution in [0, 0.1) is 0 Å². The molecule has 0 aliphatic carbocycles. The van der Waals surface area contributed by atoms with Crippen LogP contribution < -0.4 is 0 Å². The van der Waals surface area contributed by atoms with Gasteiger partial charge in [-0.15, -0.1) is 0 Å². The van der Waals surface area contributed by atoms with Gasteiger partial charge in [-0.05, 0) is 18.6 Å². The van der Waals surface area contributed by atoms with Crippen molar-refractivity contribution in [1.82, 2.24) is 14.8 Å². The molecule has 0 spiro atoms. The quantitative estimate of drug-likeness (QED) is 0.812. The van der Waals surface area contributed by atoms with Crippen LogP contribution in [-0.2, 0) is 16.0 Å². The van der Waals surface area contributed by atoms with Gasteiger partial charge in [0.2, 0.25) is 11.8 Å². The van der Waals surface area contributed by atoms with Crippen molar-refractivity contribution in [3.63, 3.8) is 0 Å². The van der Waals surface area contributed by atoms with Crippen molar-refractivity contribution in [2.45, 2.75) is 39.3 Å². The maximum atomic E-state index is 12.4. The highest BCUT2D eigenvalue weighted by molar-refractivity contribution is 5.97. The fraction of sp³-hybridized carbons (Fsp3) is 0.444. The Morgan fingerprint density at radius 2 is 1.87 bits per heavy atom. The van der Waals surface area contributed by atoms with Gasteiger partial charge in [-0.1, -0.05) is 32.0 Å². The van der Waals surface area contributed by atoms with Crippen molar-refractivity contribution in [2.75, 3.05) is 13.6 Å². The summed E-state index contributed by atoms with van der Waals surface area (Å²) < 4.78 is 0. The Labute approximate surface area is 136 Å². The van der Waals surface area contributed by atoms with Crippen LogP contribution in [0.4, 0.5) is 0 Å². The van der Waals surface area contributed by atoms with Crippen molar-refractivity contribution < 1.29 is 9.59 Å². The van der Waals surface area contributed by atoms with Crippen molar-refractivity contribution in [3.05, 3.63) is 35.5 Å². The van der Waals surface area contributed by atoms with E-state index >= 15 is 0 Å². The van der Waals surface area contributed by atoms with E-state index in [1.807, 2.05) is 39.0 Å². The zero-order valence-corrected chi connectivity index (χ0v) is 14.1. The Kier molecular flexibility index (Phi) is 3.88. The fourth-order valence-corrected chi connectivity index (χ4v) is 3.71. The monoisotopic (exact) mass is 313 g/mol. The van der Waals surface area contributed by atoms with E-state index in [-0.39, 0.29) is 30.4 Å². The number of nitrogens with one attached hydrogen (secondary N) is 1. The van der Waals surface area contributed by atoms with E-state index in [0.29, 0.717) is 6.42 Å². The third kappa shape index (κ3) is 2.22. The standard InChI is InChI=1S/C16H17N3O2.C2H6/c1-9-15-11(10-5-3-4-6-12(10)17-15)7-13-16(21)18(2)8-14(20)19(9)13;1-2/h3-6,9,13,17H,7-8H2,1-2H3;1-2H3. The summed E-state index contributed by atoms with van der Waals surface area (Å²) in [4.78, 5) is 31.5. The van der Waals surface area contributed by atoms with E-state index < -0.39 is 0 Å². The Bertz CT molecular complexity index is 765. The Morgan fingerprint density at radius 1 is 1.17 bits per heavy atom. The molecule has 2 atom stereocenters. The second kappa shape index (κ2) is 5.72. The number of carbonyl (C=O) groups is 2. The topological polar surface area (TPSA) is 56.4 Å². The first-order chi connectivity index (χ1) is 11.1. The zero-order valence-electron chi connectivity index (χ0n) is 14.1. The van der Waals surface area contributed by atoms with Crippen molar-refractivity contribution in [2.24, 2.45) is 0 Å². The largest absolute Gasteiger partial charge is 0.356 e. The lowest BCUT2D eigenvalue weighted by molar-refractivity contribution is -0.157. The lowest BCUT2D eigenvalue weighted by atomic mass is 9.90. The minimum Gasteiger partial charge on any atom is -0.356 e. The van der Waals surface area contributed by atoms with E-state index in [9.17, 15) is 9.59 Å². The number of nitrogens with zero attached hydrogens (tertiary/aromatic N) is 2. The van der Waals surface area contributed by atoms with Gasteiger partial charge in [0, 0.05) is 30.1 Å². The van der Waals surface area contributed by atoms with Gasteiger partial charge in [0.05, 0.1) is 12.6 Å². The fourth-order valence-electron chi connectivity index (χ4n) is 3.71. The average Bonchev–Trinajstić information content (AvgIpc) is 2.94. The van der Waals surface area contributed by atoms with E-state index in [4.69, 9.17) is 0 Å². The van der Waals surface area contributed by atoms with Gasteiger partial charge >= 0.3 is 0 Å². The first kappa shape index (κ1) is 15.6. The number of benzene rings is 1. The molecule has 0 radical (unpaired) electrons. The maximum Gasteiger partial charge on any atom is 0.245 e. The number of likely N-dealkylation sites (N-methyl/N-ethyl adjacent to an activating group) is 1. The van der Waals surface area contributed by atoms with Crippen molar-refractivity contribution in [1.29, 1.82) is 0 Å². The second-order valence-corrected chi connectivity index (χ2v) is 5.95. The van der Waals surface area contributed by atoms with Gasteiger partial charge in [0.1, 0.15) is 6.04 Å². The third-order valence-electron chi connectivity index (χ3n) is 4.74. The lowest BCUT2D eigenvalue weighted by Gasteiger charge is -2.45. The van der Waals surface area contributed by atoms with Crippen LogP contribution in [0.2, 0.25) is 0 Å². The molecule has 23 heavy (non-hydrogen) atoms. The molecule has 1 N–H and O–H groups in total. The first-order valence-electron chi connectivity index (χ1n) is 8.23. The van der Waals surface area contributed by atoms with E-state index in [0.717, 1.165) is 16.6 Å². The van der Waals surface area contributed by atoms with Gasteiger partial charge in [-0.25, -0.2) is 0 Å². The molecule has 2 amide bonds. The van der Waals surface area contributed by atoms with Gasteiger partial charge in [-0.3, -0.25) is 9.59 Å². The Hall–Kier alpha value is -2.30. The molecule has 1 fully saturated rings. The molecule has 5 heteroatoms. The van der Waals surface area contributed by atoms with E-state index in [1.54, 1.807) is 11.9 Å². The number of hydrogen-bond acceptors (Lipinski definition) is 2. The zero-order chi connectivity index (χ0) is 16.7. The lowest BCUT2D eigenvalue weighted by Crippen LogP contribution is -2.61. The summed E-state index contributed by atoms with van der Waals surface area (Å²) >= 11 is 0. The number of rotatable bonds is 0. The number of piperazine rings is 1. The summed E-state index contributed by atoms with van der Waals surface area (Å²) in [6.45, 7) is 6.17. The minimum atomic E-state index is -0.363. The first-order valence-corrected chi connectivity index (χ1v) is 8.23. The van der Waals surface area contributed by atoms with Gasteiger partial charge in [0.15, 0.2) is 0 Å². The molecule has 1 aromatic heterocycles. The molecule has 1 saturated heterocycles. The molecular weight excluding hydrogens is 290 g/mol. The minimum absolute atomic E-state index is 0.0268. The van der Waals surface area contributed by atoms with Crippen LogP contribution in [0.15, 0.2) is 24.3 Å². The normalized spacial score (nSPS) is 23.3. The molecule has 2 aliphatic rings. The number of H-pyrrole nitrogens is 1. The van der Waals surface area contributed by atoms with Crippen LogP contribution in [0.3, 0.4) is 0 Å². The Morgan fingerprint density at radius 3 is 2.61 bits per heavy atom. The molecule has 2 aliphatic heterocycles. The SMILES string of the molecule is CC.CC1c2[nH]c3ccccc3c2CC2C(=O)N(C)CC(=O)N21. The summed E-state index contributed by atoms with van der Waals surface area (Å²) in [5, 5.41) is 1.16. The number of hydrogen-bond donors (Lipinski definition) is 1. The predicted molar refractivity (Wildman–Crippen MR) is 90.0 cm³/mol. The van der Waals surface area contributed by atoms with Gasteiger partial charge in [0.25, 0.3) is 0 Å². The molecule has 4 rings (SSSR count). The summed E-state index contributed by atoms with van der Waals surface area (Å²) in [5.41, 5.74) is 3.32. The summed E-state index contributed by atoms with van der Waals surface area (Å²) in [7, 11) is 1.70. The molecule has 122 valence electrons. The van der Waals surface area contributed by atoms with Crippen molar-refractivity contribution >= 4 is 22.7 Å². The highest BCUT2D eigenvalue weighted by atomic mass is 16.2. The summed E-state index contributed by atoms with van der Waals surface area (Å²) in [6.07, 6.45) is 0.596. The number of aromatic nitrogens is 1. The highest BCUT2D eigenvalue weighted by Gasteiger charge is 2.45. The highest BCUT2D eigenvalue weighted by Crippen LogP contribution is 2.38. The summed E-state index contributed by atoms with van der Waals surface area (Å²) in [5.74, 6) is 0.0660. The third-order valence-corrected chi connectivity index (χ3v) is 4.74. The number of carbonyl (C=O) groups excluding carboxylic acids is 2. The molecular formula is C18H23N3O2. The van der Waals surface area contributed by atoms with E-state index in [1.165, 1.54) is 10.5 Å². The second-order valence-electron chi connectivity index (χ2n) is 5.95. The molecule has 3 heterocycles. The molecule has 5 nitrogen and oxygen atoms in total. The van der Waals surface area contributed by atoms with Crippen LogP contribution >= 0.6 is 0 Å². The maximum absolute atomic E-state index is 12.4. The van der Waals surface area contributed by atoms with Crippen molar-refractivity contribution in [3.8, 4) is 0 Å². The smallest absolute Gasteiger partial charge is 0.245 e. The molecule has 2 unspecified atom stereocenters. The number of aromatic amines is 1. The Balaban J connectivity index is 0.000000753. The number of fused-ring (bicyclic) bond motifs is 4. The molecule has 2 aromatic rings. The van der Waals surface area contributed by atoms with Crippen LogP contribution in [-0.4, -0.2) is 46.2 Å². The number of para-hydroxylation sites is 1. The number of amides is 2. The molecule has 0 bridgehead atoms. The van der Waals surface area contributed by atoms with Gasteiger partial charge in [-0.2, -0.15) is 0 Å². The van der Waals surface area contributed by atoms with Crippen LogP contribution in [0.1, 0.15) is 38.1 Å².